The van der Waals surface area contributed by atoms with Gasteiger partial charge in [0.15, 0.2) is 0 Å². The molecule has 0 aromatic carbocycles. The van der Waals surface area contributed by atoms with Crippen molar-refractivity contribution in [3.63, 3.8) is 0 Å². The van der Waals surface area contributed by atoms with Crippen LogP contribution in [-0.2, 0) is 0 Å². The van der Waals surface area contributed by atoms with Gasteiger partial charge in [-0.25, -0.2) is 0 Å². The molecular formula is C8H13NO2. The molecule has 0 amide bonds. The quantitative estimate of drug-likeness (QED) is 0.348. The van der Waals surface area contributed by atoms with Crippen LogP contribution in [0.1, 0.15) is 26.7 Å². The fraction of sp³-hybridized carbons (Fsp3) is 0.750. The Hall–Kier alpha value is -0.860. The lowest BCUT2D eigenvalue weighted by atomic mass is 9.88. The van der Waals surface area contributed by atoms with Crippen LogP contribution >= 0.6 is 0 Å². The molecule has 0 aromatic rings. The zero-order chi connectivity index (χ0) is 8.48. The van der Waals surface area contributed by atoms with Crippen molar-refractivity contribution in [3.8, 4) is 0 Å². The maximum Gasteiger partial charge on any atom is 0.222 e. The van der Waals surface area contributed by atoms with Crippen molar-refractivity contribution in [2.24, 2.45) is 5.92 Å². The molecule has 1 atom stereocenters. The summed E-state index contributed by atoms with van der Waals surface area (Å²) < 4.78 is 0. The van der Waals surface area contributed by atoms with Gasteiger partial charge < -0.3 is 0 Å². The van der Waals surface area contributed by atoms with Gasteiger partial charge in [0.1, 0.15) is 0 Å². The van der Waals surface area contributed by atoms with Crippen LogP contribution in [0.4, 0.5) is 0 Å². The molecule has 1 aliphatic carbocycles. The van der Waals surface area contributed by atoms with Gasteiger partial charge in [-0.3, -0.25) is 10.1 Å². The van der Waals surface area contributed by atoms with Crippen LogP contribution in [0.2, 0.25) is 0 Å². The Morgan fingerprint density at radius 2 is 2.27 bits per heavy atom. The second-order valence-electron chi connectivity index (χ2n) is 3.52. The second-order valence-corrected chi connectivity index (χ2v) is 3.52. The Labute approximate surface area is 66.3 Å². The van der Waals surface area contributed by atoms with Crippen LogP contribution in [0.15, 0.2) is 12.2 Å². The highest BCUT2D eigenvalue weighted by atomic mass is 16.6. The first-order chi connectivity index (χ1) is 5.05. The van der Waals surface area contributed by atoms with E-state index >= 15 is 0 Å². The summed E-state index contributed by atoms with van der Waals surface area (Å²) in [5, 5.41) is 10.6. The van der Waals surface area contributed by atoms with E-state index < -0.39 is 5.54 Å². The first kappa shape index (κ1) is 8.24. The maximum atomic E-state index is 10.6. The summed E-state index contributed by atoms with van der Waals surface area (Å²) in [4.78, 5) is 10.4. The van der Waals surface area contributed by atoms with Gasteiger partial charge in [-0.1, -0.05) is 12.2 Å². The van der Waals surface area contributed by atoms with Crippen LogP contribution < -0.4 is 0 Å². The van der Waals surface area contributed by atoms with Crippen molar-refractivity contribution < 1.29 is 4.92 Å². The SMILES string of the molecule is CC(C)([C@H]1C=CCC1)[N+](=O)[O-]. The fourth-order valence-corrected chi connectivity index (χ4v) is 1.36. The Kier molecular flexibility index (Phi) is 1.98. The third kappa shape index (κ3) is 1.42. The lowest BCUT2D eigenvalue weighted by Crippen LogP contribution is -2.37. The Morgan fingerprint density at radius 3 is 2.64 bits per heavy atom. The minimum Gasteiger partial charge on any atom is -0.264 e. The fourth-order valence-electron chi connectivity index (χ4n) is 1.36. The first-order valence-electron chi connectivity index (χ1n) is 3.86. The second kappa shape index (κ2) is 2.64. The molecule has 0 fully saturated rings. The smallest absolute Gasteiger partial charge is 0.222 e. The predicted molar refractivity (Wildman–Crippen MR) is 42.9 cm³/mol. The average Bonchev–Trinajstić information content (AvgIpc) is 2.37. The number of hydrogen-bond acceptors (Lipinski definition) is 2. The summed E-state index contributed by atoms with van der Waals surface area (Å²) in [6.07, 6.45) is 5.90. The number of allylic oxidation sites excluding steroid dienone is 1. The molecule has 1 aliphatic rings. The van der Waals surface area contributed by atoms with Crippen molar-refractivity contribution in [1.29, 1.82) is 0 Å². The normalized spacial score (nSPS) is 24.0. The van der Waals surface area contributed by atoms with Crippen molar-refractivity contribution in [2.45, 2.75) is 32.2 Å². The highest BCUT2D eigenvalue weighted by Gasteiger charge is 2.39. The molecule has 3 heteroatoms. The predicted octanol–water partition coefficient (Wildman–Crippen LogP) is 2.01. The maximum absolute atomic E-state index is 10.6. The van der Waals surface area contributed by atoms with E-state index in [1.165, 1.54) is 0 Å². The highest BCUT2D eigenvalue weighted by Crippen LogP contribution is 2.30. The van der Waals surface area contributed by atoms with Gasteiger partial charge in [-0.05, 0) is 12.8 Å². The topological polar surface area (TPSA) is 43.1 Å². The Bertz CT molecular complexity index is 196. The summed E-state index contributed by atoms with van der Waals surface area (Å²) in [5.41, 5.74) is -0.785. The van der Waals surface area contributed by atoms with Gasteiger partial charge in [0.25, 0.3) is 0 Å². The summed E-state index contributed by atoms with van der Waals surface area (Å²) in [7, 11) is 0. The third-order valence-corrected chi connectivity index (χ3v) is 2.39. The molecule has 0 saturated carbocycles. The Balaban J connectivity index is 2.71. The number of hydrogen-bond donors (Lipinski definition) is 0. The van der Waals surface area contributed by atoms with E-state index in [-0.39, 0.29) is 10.8 Å². The van der Waals surface area contributed by atoms with E-state index in [9.17, 15) is 10.1 Å². The van der Waals surface area contributed by atoms with Crippen molar-refractivity contribution in [1.82, 2.24) is 0 Å². The monoisotopic (exact) mass is 155 g/mol. The molecule has 0 radical (unpaired) electrons. The van der Waals surface area contributed by atoms with Crippen molar-refractivity contribution in [3.05, 3.63) is 22.3 Å². The summed E-state index contributed by atoms with van der Waals surface area (Å²) in [6, 6.07) is 0. The van der Waals surface area contributed by atoms with Crippen LogP contribution in [0.3, 0.4) is 0 Å². The van der Waals surface area contributed by atoms with Gasteiger partial charge in [-0.15, -0.1) is 0 Å². The Morgan fingerprint density at radius 1 is 1.64 bits per heavy atom. The van der Waals surface area contributed by atoms with E-state index in [0.29, 0.717) is 0 Å². The lowest BCUT2D eigenvalue weighted by Gasteiger charge is -2.20. The molecule has 0 aromatic heterocycles. The lowest BCUT2D eigenvalue weighted by molar-refractivity contribution is -0.568. The standard InChI is InChI=1S/C8H13NO2/c1-8(2,9(10)11)7-5-3-4-6-7/h3,5,7H,4,6H2,1-2H3/t7-/m0/s1. The van der Waals surface area contributed by atoms with E-state index in [1.54, 1.807) is 13.8 Å². The zero-order valence-corrected chi connectivity index (χ0v) is 6.91. The molecular weight excluding hydrogens is 142 g/mol. The van der Waals surface area contributed by atoms with E-state index in [1.807, 2.05) is 12.2 Å². The van der Waals surface area contributed by atoms with Crippen LogP contribution in [0, 0.1) is 16.0 Å². The van der Waals surface area contributed by atoms with Gasteiger partial charge >= 0.3 is 0 Å². The third-order valence-electron chi connectivity index (χ3n) is 2.39. The number of rotatable bonds is 2. The van der Waals surface area contributed by atoms with E-state index in [0.717, 1.165) is 12.8 Å². The molecule has 0 bridgehead atoms. The largest absolute Gasteiger partial charge is 0.264 e. The summed E-state index contributed by atoms with van der Waals surface area (Å²) >= 11 is 0. The number of nitro groups is 1. The molecule has 1 rings (SSSR count). The van der Waals surface area contributed by atoms with Crippen LogP contribution in [0.25, 0.3) is 0 Å². The number of nitrogens with zero attached hydrogens (tertiary/aromatic N) is 1. The molecule has 0 N–H and O–H groups in total. The average molecular weight is 155 g/mol. The summed E-state index contributed by atoms with van der Waals surface area (Å²) in [5.74, 6) is 0.123. The van der Waals surface area contributed by atoms with Crippen LogP contribution in [0.5, 0.6) is 0 Å². The van der Waals surface area contributed by atoms with E-state index in [4.69, 9.17) is 0 Å². The van der Waals surface area contributed by atoms with Crippen molar-refractivity contribution >= 4 is 0 Å². The molecule has 0 unspecified atom stereocenters. The van der Waals surface area contributed by atoms with E-state index in [2.05, 4.69) is 0 Å². The zero-order valence-electron chi connectivity index (χ0n) is 6.91. The molecule has 0 saturated heterocycles. The van der Waals surface area contributed by atoms with Crippen molar-refractivity contribution in [2.75, 3.05) is 0 Å². The first-order valence-corrected chi connectivity index (χ1v) is 3.86. The van der Waals surface area contributed by atoms with Gasteiger partial charge in [0.05, 0.1) is 0 Å². The van der Waals surface area contributed by atoms with Crippen LogP contribution in [-0.4, -0.2) is 10.5 Å². The minimum atomic E-state index is -0.785. The highest BCUT2D eigenvalue weighted by molar-refractivity contribution is 5.02. The minimum absolute atomic E-state index is 0.123. The van der Waals surface area contributed by atoms with Gasteiger partial charge in [0.2, 0.25) is 5.54 Å². The molecule has 62 valence electrons. The molecule has 0 spiro atoms. The molecule has 11 heavy (non-hydrogen) atoms. The molecule has 0 aliphatic heterocycles. The summed E-state index contributed by atoms with van der Waals surface area (Å²) in [6.45, 7) is 3.38. The molecule has 3 nitrogen and oxygen atoms in total. The van der Waals surface area contributed by atoms with Gasteiger partial charge in [-0.2, -0.15) is 0 Å². The van der Waals surface area contributed by atoms with Gasteiger partial charge in [0, 0.05) is 24.7 Å². The molecule has 0 heterocycles.